The lowest BCUT2D eigenvalue weighted by atomic mass is 10.0. The number of hydrogen-bond acceptors (Lipinski definition) is 5. The number of nitrogens with one attached hydrogen (secondary N) is 2. The second kappa shape index (κ2) is 8.83. The second-order valence-electron chi connectivity index (χ2n) is 7.06. The maximum Gasteiger partial charge on any atom is 0.308 e. The highest BCUT2D eigenvalue weighted by molar-refractivity contribution is 5.97. The Kier molecular flexibility index (Phi) is 6.25. The van der Waals surface area contributed by atoms with E-state index in [-0.39, 0.29) is 11.8 Å². The molecule has 1 aliphatic rings. The summed E-state index contributed by atoms with van der Waals surface area (Å²) in [6.45, 7) is 0.391. The number of nitrogens with zero attached hydrogens (tertiary/aromatic N) is 2. The summed E-state index contributed by atoms with van der Waals surface area (Å²) in [5, 5.41) is 14.9. The number of carboxylic acids is 1. The third-order valence-electron chi connectivity index (χ3n) is 5.13. The molecular weight excluding hydrogens is 362 g/mol. The van der Waals surface area contributed by atoms with E-state index in [1.807, 2.05) is 0 Å². The zero-order valence-electron chi connectivity index (χ0n) is 15.5. The summed E-state index contributed by atoms with van der Waals surface area (Å²) in [5.74, 6) is -2.24. The molecule has 0 saturated heterocycles. The van der Waals surface area contributed by atoms with Gasteiger partial charge in [-0.25, -0.2) is 4.98 Å². The Balaban J connectivity index is 1.69. The van der Waals surface area contributed by atoms with Gasteiger partial charge in [0.05, 0.1) is 11.5 Å². The normalized spacial score (nSPS) is 20.0. The highest BCUT2D eigenvalue weighted by Crippen LogP contribution is 2.26. The number of imidazole rings is 1. The van der Waals surface area contributed by atoms with Crippen LogP contribution in [0, 0.1) is 5.92 Å². The summed E-state index contributed by atoms with van der Waals surface area (Å²) in [6, 6.07) is 2.18. The minimum atomic E-state index is -0.904. The van der Waals surface area contributed by atoms with Crippen LogP contribution in [0.1, 0.15) is 42.5 Å². The Morgan fingerprint density at radius 1 is 1.32 bits per heavy atom. The molecule has 0 bridgehead atoms. The molecule has 2 aromatic rings. The van der Waals surface area contributed by atoms with E-state index >= 15 is 0 Å². The van der Waals surface area contributed by atoms with Crippen LogP contribution in [0.2, 0.25) is 0 Å². The van der Waals surface area contributed by atoms with Crippen molar-refractivity contribution in [3.8, 4) is 0 Å². The van der Waals surface area contributed by atoms with Crippen molar-refractivity contribution in [1.29, 1.82) is 0 Å². The molecule has 1 saturated carbocycles. The molecule has 28 heavy (non-hydrogen) atoms. The molecule has 9 heteroatoms. The number of rotatable bonds is 8. The van der Waals surface area contributed by atoms with Crippen molar-refractivity contribution < 1.29 is 19.5 Å². The Hall–Kier alpha value is -2.94. The number of amides is 2. The Morgan fingerprint density at radius 2 is 2.14 bits per heavy atom. The van der Waals surface area contributed by atoms with Gasteiger partial charge >= 0.3 is 5.97 Å². The number of fused-ring (bicyclic) bond motifs is 1. The fourth-order valence-corrected chi connectivity index (χ4v) is 3.60. The van der Waals surface area contributed by atoms with Gasteiger partial charge in [0, 0.05) is 24.6 Å². The van der Waals surface area contributed by atoms with Gasteiger partial charge in [-0.2, -0.15) is 0 Å². The number of nitrogens with two attached hydrogens (primary N) is 1. The fraction of sp³-hybridized carbons (Fsp3) is 0.474. The highest BCUT2D eigenvalue weighted by atomic mass is 16.4. The number of pyridine rings is 1. The van der Waals surface area contributed by atoms with Crippen LogP contribution in [0.25, 0.3) is 5.65 Å². The van der Waals surface area contributed by atoms with E-state index in [1.54, 1.807) is 35.1 Å². The van der Waals surface area contributed by atoms with Gasteiger partial charge in [0.25, 0.3) is 5.91 Å². The molecule has 1 fully saturated rings. The van der Waals surface area contributed by atoms with Crippen LogP contribution < -0.4 is 16.4 Å². The Bertz CT molecular complexity index is 865. The molecule has 0 spiro atoms. The van der Waals surface area contributed by atoms with Crippen LogP contribution >= 0.6 is 0 Å². The lowest BCUT2D eigenvalue weighted by molar-refractivity contribution is -0.142. The van der Waals surface area contributed by atoms with Crippen LogP contribution in [0.3, 0.4) is 0 Å². The molecular formula is C19H25N5O4. The average molecular weight is 387 g/mol. The zero-order valence-corrected chi connectivity index (χ0v) is 15.5. The Labute approximate surface area is 162 Å². The lowest BCUT2D eigenvalue weighted by Crippen LogP contribution is -2.51. The van der Waals surface area contributed by atoms with E-state index in [2.05, 4.69) is 15.6 Å². The van der Waals surface area contributed by atoms with Crippen molar-refractivity contribution >= 4 is 23.4 Å². The number of carbonyl (C=O) groups excluding carboxylic acids is 2. The first-order valence-corrected chi connectivity index (χ1v) is 9.46. The van der Waals surface area contributed by atoms with Gasteiger partial charge in [-0.05, 0) is 44.4 Å². The van der Waals surface area contributed by atoms with E-state index in [9.17, 15) is 19.5 Å². The molecule has 3 rings (SSSR count). The maximum absolute atomic E-state index is 12.7. The monoisotopic (exact) mass is 387 g/mol. The predicted molar refractivity (Wildman–Crippen MR) is 102 cm³/mol. The summed E-state index contributed by atoms with van der Waals surface area (Å²) in [7, 11) is 0. The third kappa shape index (κ3) is 4.48. The first-order chi connectivity index (χ1) is 13.5. The SMILES string of the molecule is NCCC[C@H](NC(=O)c1ccc2nccn2c1)C(=O)N[C@H]1CCC[C@H]1C(=O)O. The number of hydrogen-bond donors (Lipinski definition) is 4. The maximum atomic E-state index is 12.7. The molecule has 2 heterocycles. The van der Waals surface area contributed by atoms with Crippen molar-refractivity contribution in [2.75, 3.05) is 6.54 Å². The molecule has 0 unspecified atom stereocenters. The molecule has 150 valence electrons. The minimum absolute atomic E-state index is 0.372. The molecule has 2 aromatic heterocycles. The number of carboxylic acid groups (broad SMARTS) is 1. The van der Waals surface area contributed by atoms with Gasteiger partial charge in [-0.15, -0.1) is 0 Å². The number of aromatic nitrogens is 2. The molecule has 9 nitrogen and oxygen atoms in total. The fourth-order valence-electron chi connectivity index (χ4n) is 3.60. The largest absolute Gasteiger partial charge is 0.481 e. The van der Waals surface area contributed by atoms with E-state index in [0.717, 1.165) is 12.1 Å². The van der Waals surface area contributed by atoms with E-state index < -0.39 is 24.0 Å². The lowest BCUT2D eigenvalue weighted by Gasteiger charge is -2.23. The number of carbonyl (C=O) groups is 3. The second-order valence-corrected chi connectivity index (χ2v) is 7.06. The topological polar surface area (TPSA) is 139 Å². The van der Waals surface area contributed by atoms with E-state index in [1.165, 1.54) is 0 Å². The van der Waals surface area contributed by atoms with Crippen LogP contribution in [0.5, 0.6) is 0 Å². The molecule has 1 aliphatic carbocycles. The highest BCUT2D eigenvalue weighted by Gasteiger charge is 2.35. The third-order valence-corrected chi connectivity index (χ3v) is 5.13. The molecule has 2 amide bonds. The van der Waals surface area contributed by atoms with E-state index in [4.69, 9.17) is 5.73 Å². The average Bonchev–Trinajstić information content (AvgIpc) is 3.33. The van der Waals surface area contributed by atoms with Crippen LogP contribution in [-0.4, -0.2) is 50.9 Å². The summed E-state index contributed by atoms with van der Waals surface area (Å²) in [5.41, 5.74) is 6.68. The van der Waals surface area contributed by atoms with Crippen LogP contribution in [0.4, 0.5) is 0 Å². The van der Waals surface area contributed by atoms with Crippen LogP contribution in [-0.2, 0) is 9.59 Å². The Morgan fingerprint density at radius 3 is 2.89 bits per heavy atom. The van der Waals surface area contributed by atoms with Gasteiger partial charge in [-0.1, -0.05) is 6.42 Å². The summed E-state index contributed by atoms with van der Waals surface area (Å²) >= 11 is 0. The van der Waals surface area contributed by atoms with E-state index in [0.29, 0.717) is 37.8 Å². The van der Waals surface area contributed by atoms with Gasteiger partial charge in [0.15, 0.2) is 0 Å². The zero-order chi connectivity index (χ0) is 20.1. The smallest absolute Gasteiger partial charge is 0.308 e. The summed E-state index contributed by atoms with van der Waals surface area (Å²) in [6.07, 6.45) is 7.88. The predicted octanol–water partition coefficient (Wildman–Crippen LogP) is 0.541. The van der Waals surface area contributed by atoms with Gasteiger partial charge in [0.1, 0.15) is 11.7 Å². The van der Waals surface area contributed by atoms with Crippen molar-refractivity contribution in [3.63, 3.8) is 0 Å². The van der Waals surface area contributed by atoms with Crippen LogP contribution in [0.15, 0.2) is 30.7 Å². The molecule has 0 radical (unpaired) electrons. The summed E-state index contributed by atoms with van der Waals surface area (Å²) < 4.78 is 1.72. The molecule has 5 N–H and O–H groups in total. The van der Waals surface area contributed by atoms with Gasteiger partial charge in [-0.3, -0.25) is 14.4 Å². The minimum Gasteiger partial charge on any atom is -0.481 e. The molecule has 3 atom stereocenters. The summed E-state index contributed by atoms with van der Waals surface area (Å²) in [4.78, 5) is 40.9. The number of aliphatic carboxylic acids is 1. The first kappa shape index (κ1) is 19.8. The first-order valence-electron chi connectivity index (χ1n) is 9.46. The van der Waals surface area contributed by atoms with Crippen molar-refractivity contribution in [2.24, 2.45) is 11.7 Å². The van der Waals surface area contributed by atoms with Gasteiger partial charge in [0.2, 0.25) is 5.91 Å². The van der Waals surface area contributed by atoms with Gasteiger partial charge < -0.3 is 25.9 Å². The van der Waals surface area contributed by atoms with Crippen molar-refractivity contribution in [3.05, 3.63) is 36.3 Å². The quantitative estimate of drug-likeness (QED) is 0.521. The van der Waals surface area contributed by atoms with Crippen molar-refractivity contribution in [1.82, 2.24) is 20.0 Å². The standard InChI is InChI=1S/C19H25N5O4/c20-8-2-5-15(18(26)22-14-4-1-3-13(14)19(27)28)23-17(25)12-6-7-16-21-9-10-24(16)11-12/h6-7,9-11,13-15H,1-5,8,20H2,(H,22,26)(H,23,25)(H,27,28)/t13-,14+,15+/m1/s1. The van der Waals surface area contributed by atoms with Crippen molar-refractivity contribution in [2.45, 2.75) is 44.2 Å². The molecule has 0 aliphatic heterocycles. The molecule has 0 aromatic carbocycles.